The molecule has 0 bridgehead atoms. The van der Waals surface area contributed by atoms with Crippen LogP contribution in [0.4, 0.5) is 4.39 Å². The Balaban J connectivity index is 0. The lowest BCUT2D eigenvalue weighted by Gasteiger charge is -2.08. The molecule has 0 aromatic heterocycles. The van der Waals surface area contributed by atoms with Gasteiger partial charge in [-0.05, 0) is 50.3 Å². The molecule has 0 saturated heterocycles. The largest absolute Gasteiger partial charge is 0.295 e. The van der Waals surface area contributed by atoms with Crippen molar-refractivity contribution in [2.45, 2.75) is 80.6 Å². The molecule has 0 heterocycles. The summed E-state index contributed by atoms with van der Waals surface area (Å²) in [4.78, 5) is 11.0. The van der Waals surface area contributed by atoms with E-state index in [0.717, 1.165) is 11.1 Å². The molecular formula is C22H37FO. The molecule has 0 fully saturated rings. The molecule has 1 aromatic carbocycles. The summed E-state index contributed by atoms with van der Waals surface area (Å²) in [5, 5.41) is 0. The van der Waals surface area contributed by atoms with Crippen LogP contribution in [0.3, 0.4) is 0 Å². The fourth-order valence-electron chi connectivity index (χ4n) is 2.23. The van der Waals surface area contributed by atoms with Crippen molar-refractivity contribution >= 4 is 5.78 Å². The summed E-state index contributed by atoms with van der Waals surface area (Å²) in [5.41, 5.74) is 1.82. The summed E-state index contributed by atoms with van der Waals surface area (Å²) in [6, 6.07) is 5.09. The molecule has 0 unspecified atom stereocenters. The van der Waals surface area contributed by atoms with Gasteiger partial charge in [-0.2, -0.15) is 0 Å². The highest BCUT2D eigenvalue weighted by molar-refractivity contribution is 5.89. The van der Waals surface area contributed by atoms with Crippen molar-refractivity contribution in [3.63, 3.8) is 0 Å². The molecule has 1 rings (SSSR count). The Morgan fingerprint density at radius 1 is 1.08 bits per heavy atom. The van der Waals surface area contributed by atoms with Crippen molar-refractivity contribution in [2.24, 2.45) is 5.92 Å². The summed E-state index contributed by atoms with van der Waals surface area (Å²) in [6.45, 7) is 14.0. The zero-order valence-corrected chi connectivity index (χ0v) is 16.8. The van der Waals surface area contributed by atoms with Gasteiger partial charge in [-0.3, -0.25) is 4.79 Å². The van der Waals surface area contributed by atoms with Crippen LogP contribution in [0.25, 0.3) is 0 Å². The maximum absolute atomic E-state index is 12.5. The highest BCUT2D eigenvalue weighted by atomic mass is 19.1. The van der Waals surface area contributed by atoms with Gasteiger partial charge < -0.3 is 0 Å². The van der Waals surface area contributed by atoms with Crippen molar-refractivity contribution in [2.75, 3.05) is 0 Å². The van der Waals surface area contributed by atoms with Crippen molar-refractivity contribution in [1.82, 2.24) is 0 Å². The van der Waals surface area contributed by atoms with Gasteiger partial charge in [0.2, 0.25) is 0 Å². The number of aryl methyl sites for hydroxylation is 2. The average molecular weight is 337 g/mol. The van der Waals surface area contributed by atoms with Crippen LogP contribution in [0.1, 0.15) is 77.8 Å². The van der Waals surface area contributed by atoms with Crippen LogP contribution in [0.5, 0.6) is 0 Å². The van der Waals surface area contributed by atoms with E-state index in [1.54, 1.807) is 19.1 Å². The predicted octanol–water partition coefficient (Wildman–Crippen LogP) is 7.21. The number of hydrogen-bond donors (Lipinski definition) is 0. The van der Waals surface area contributed by atoms with Gasteiger partial charge >= 0.3 is 0 Å². The molecule has 0 aliphatic carbocycles. The summed E-state index contributed by atoms with van der Waals surface area (Å²) < 4.78 is 12.5. The Morgan fingerprint density at radius 3 is 2.00 bits per heavy atom. The summed E-state index contributed by atoms with van der Waals surface area (Å²) in [6.07, 6.45) is 9.31. The first-order valence-corrected chi connectivity index (χ1v) is 9.38. The number of hydrogen-bond acceptors (Lipinski definition) is 1. The number of ketones is 1. The van der Waals surface area contributed by atoms with Crippen LogP contribution >= 0.6 is 0 Å². The Labute approximate surface area is 149 Å². The zero-order chi connectivity index (χ0) is 19.0. The monoisotopic (exact) mass is 336 g/mol. The third-order valence-corrected chi connectivity index (χ3v) is 3.54. The van der Waals surface area contributed by atoms with Gasteiger partial charge in [0, 0.05) is 6.42 Å². The summed E-state index contributed by atoms with van der Waals surface area (Å²) in [7, 11) is 0. The first kappa shape index (κ1) is 24.8. The fourth-order valence-corrected chi connectivity index (χ4v) is 2.23. The van der Waals surface area contributed by atoms with Crippen molar-refractivity contribution in [3.05, 3.63) is 47.3 Å². The number of allylic oxidation sites excluding steroid dienone is 2. The van der Waals surface area contributed by atoms with Crippen LogP contribution in [0, 0.1) is 25.6 Å². The van der Waals surface area contributed by atoms with E-state index >= 15 is 0 Å². The highest BCUT2D eigenvalue weighted by Gasteiger charge is 2.02. The second-order valence-electron chi connectivity index (χ2n) is 5.77. The van der Waals surface area contributed by atoms with E-state index in [9.17, 15) is 9.18 Å². The molecule has 138 valence electrons. The molecule has 0 amide bonds. The van der Waals surface area contributed by atoms with Gasteiger partial charge in [0.05, 0.1) is 0 Å². The highest BCUT2D eigenvalue weighted by Crippen LogP contribution is 2.14. The normalized spacial score (nSPS) is 10.0. The zero-order valence-electron chi connectivity index (χ0n) is 16.8. The van der Waals surface area contributed by atoms with E-state index in [0.29, 0.717) is 12.3 Å². The third-order valence-electron chi connectivity index (χ3n) is 3.54. The molecule has 0 aliphatic heterocycles. The van der Waals surface area contributed by atoms with Gasteiger partial charge in [0.1, 0.15) is 5.82 Å². The van der Waals surface area contributed by atoms with Crippen molar-refractivity contribution < 1.29 is 9.18 Å². The minimum atomic E-state index is -0.124. The Kier molecular flexibility index (Phi) is 17.0. The quantitative estimate of drug-likeness (QED) is 0.481. The number of halogens is 1. The number of carbonyl (C=O) groups is 1. The average Bonchev–Trinajstić information content (AvgIpc) is 2.59. The van der Waals surface area contributed by atoms with Crippen LogP contribution in [0.2, 0.25) is 0 Å². The summed E-state index contributed by atoms with van der Waals surface area (Å²) in [5.74, 6) is 0.739. The van der Waals surface area contributed by atoms with Gasteiger partial charge in [0.15, 0.2) is 5.78 Å². The lowest BCUT2D eigenvalue weighted by molar-refractivity contribution is -0.114. The molecule has 2 heteroatoms. The van der Waals surface area contributed by atoms with Gasteiger partial charge in [-0.25, -0.2) is 4.39 Å². The van der Waals surface area contributed by atoms with E-state index in [-0.39, 0.29) is 11.6 Å². The molecule has 0 atom stereocenters. The lowest BCUT2D eigenvalue weighted by Crippen LogP contribution is -1.97. The first-order valence-electron chi connectivity index (χ1n) is 9.38. The third kappa shape index (κ3) is 13.0. The van der Waals surface area contributed by atoms with E-state index in [4.69, 9.17) is 0 Å². The maximum atomic E-state index is 12.5. The van der Waals surface area contributed by atoms with Crippen LogP contribution in [-0.4, -0.2) is 5.78 Å². The molecule has 24 heavy (non-hydrogen) atoms. The number of benzene rings is 1. The van der Waals surface area contributed by atoms with Crippen LogP contribution in [-0.2, 0) is 4.79 Å². The fraction of sp³-hybridized carbons (Fsp3) is 0.591. The molecule has 1 aromatic rings. The van der Waals surface area contributed by atoms with Crippen molar-refractivity contribution in [1.29, 1.82) is 0 Å². The second-order valence-corrected chi connectivity index (χ2v) is 5.77. The van der Waals surface area contributed by atoms with E-state index < -0.39 is 0 Å². The maximum Gasteiger partial charge on any atom is 0.155 e. The Hall–Kier alpha value is -1.44. The topological polar surface area (TPSA) is 17.1 Å². The smallest absolute Gasteiger partial charge is 0.155 e. The number of rotatable bonds is 7. The molecule has 0 spiro atoms. The molecule has 0 radical (unpaired) electrons. The van der Waals surface area contributed by atoms with Gasteiger partial charge in [0.25, 0.3) is 0 Å². The molecule has 0 N–H and O–H groups in total. The van der Waals surface area contributed by atoms with E-state index in [1.807, 2.05) is 33.8 Å². The SMILES string of the molecule is CC.CCCC(/C=C\C(=O)CC)CCC.Cc1ccc(F)c(C)c1. The van der Waals surface area contributed by atoms with E-state index in [2.05, 4.69) is 19.9 Å². The Morgan fingerprint density at radius 2 is 1.62 bits per heavy atom. The second kappa shape index (κ2) is 16.4. The molecule has 1 nitrogen and oxygen atoms in total. The molecule has 0 saturated carbocycles. The summed E-state index contributed by atoms with van der Waals surface area (Å²) >= 11 is 0. The predicted molar refractivity (Wildman–Crippen MR) is 105 cm³/mol. The van der Waals surface area contributed by atoms with Gasteiger partial charge in [-0.15, -0.1) is 0 Å². The van der Waals surface area contributed by atoms with Crippen LogP contribution < -0.4 is 0 Å². The minimum absolute atomic E-state index is 0.124. The standard InChI is InChI=1S/C12H22O.C8H9F.C2H6/c1-4-7-11(8-5-2)9-10-12(13)6-3;1-6-3-4-8(9)7(2)5-6;1-2/h9-11H,4-8H2,1-3H3;3-5H,1-2H3;1-2H3/b10-9-;;. The Bertz CT molecular complexity index is 457. The van der Waals surface area contributed by atoms with Gasteiger partial charge in [-0.1, -0.05) is 71.2 Å². The lowest BCUT2D eigenvalue weighted by atomic mass is 9.97. The first-order chi connectivity index (χ1) is 11.4. The number of carbonyl (C=O) groups excluding carboxylic acids is 1. The van der Waals surface area contributed by atoms with Crippen LogP contribution in [0.15, 0.2) is 30.4 Å². The molecule has 0 aliphatic rings. The van der Waals surface area contributed by atoms with E-state index in [1.165, 1.54) is 31.7 Å². The minimum Gasteiger partial charge on any atom is -0.295 e. The molecular weight excluding hydrogens is 299 g/mol. The van der Waals surface area contributed by atoms with Crippen molar-refractivity contribution in [3.8, 4) is 0 Å².